The molecule has 3 rings (SSSR count). The highest BCUT2D eigenvalue weighted by molar-refractivity contribution is 7.13. The number of hydrogen-bond acceptors (Lipinski definition) is 5. The Morgan fingerprint density at radius 2 is 2.30 bits per heavy atom. The number of nitrogens with one attached hydrogen (secondary N) is 1. The van der Waals surface area contributed by atoms with Crippen LogP contribution in [0.3, 0.4) is 0 Å². The van der Waals surface area contributed by atoms with Crippen molar-refractivity contribution in [2.45, 2.75) is 31.4 Å². The first-order chi connectivity index (χ1) is 9.81. The predicted molar refractivity (Wildman–Crippen MR) is 80.6 cm³/mol. The van der Waals surface area contributed by atoms with E-state index in [9.17, 15) is 0 Å². The molecule has 1 aliphatic carbocycles. The van der Waals surface area contributed by atoms with E-state index in [2.05, 4.69) is 20.7 Å². The van der Waals surface area contributed by atoms with Gasteiger partial charge in [-0.05, 0) is 31.4 Å². The molecular formula is C15H19N3OS. The lowest BCUT2D eigenvalue weighted by Crippen LogP contribution is -2.47. The Bertz CT molecular complexity index is 546. The van der Waals surface area contributed by atoms with Crippen molar-refractivity contribution in [1.29, 1.82) is 0 Å². The zero-order valence-corrected chi connectivity index (χ0v) is 12.4. The maximum absolute atomic E-state index is 5.60. The van der Waals surface area contributed by atoms with Crippen LogP contribution in [0.4, 0.5) is 0 Å². The number of ether oxygens (including phenoxy) is 1. The van der Waals surface area contributed by atoms with E-state index < -0.39 is 0 Å². The smallest absolute Gasteiger partial charge is 0.142 e. The van der Waals surface area contributed by atoms with Crippen LogP contribution < -0.4 is 5.32 Å². The van der Waals surface area contributed by atoms with Crippen LogP contribution in [0, 0.1) is 0 Å². The molecule has 4 nitrogen and oxygen atoms in total. The van der Waals surface area contributed by atoms with Crippen molar-refractivity contribution >= 4 is 11.3 Å². The van der Waals surface area contributed by atoms with E-state index in [1.54, 1.807) is 17.5 Å². The van der Waals surface area contributed by atoms with Gasteiger partial charge in [0.25, 0.3) is 0 Å². The summed E-state index contributed by atoms with van der Waals surface area (Å²) in [7, 11) is 1.81. The van der Waals surface area contributed by atoms with Gasteiger partial charge in [0, 0.05) is 31.8 Å². The minimum absolute atomic E-state index is 0.0693. The monoisotopic (exact) mass is 289 g/mol. The van der Waals surface area contributed by atoms with Gasteiger partial charge in [-0.3, -0.25) is 4.98 Å². The molecule has 5 heteroatoms. The quantitative estimate of drug-likeness (QED) is 0.888. The fourth-order valence-corrected chi connectivity index (χ4v) is 3.23. The molecular weight excluding hydrogens is 270 g/mol. The highest BCUT2D eigenvalue weighted by Crippen LogP contribution is 2.34. The van der Waals surface area contributed by atoms with Crippen molar-refractivity contribution in [2.75, 3.05) is 13.7 Å². The molecule has 0 aromatic carbocycles. The fraction of sp³-hybridized carbons (Fsp3) is 0.467. The van der Waals surface area contributed by atoms with Crippen LogP contribution in [-0.4, -0.2) is 29.2 Å². The van der Waals surface area contributed by atoms with Gasteiger partial charge in [-0.15, -0.1) is 11.3 Å². The molecule has 0 saturated heterocycles. The molecule has 20 heavy (non-hydrogen) atoms. The van der Waals surface area contributed by atoms with Crippen molar-refractivity contribution < 1.29 is 4.74 Å². The molecule has 1 fully saturated rings. The molecule has 0 amide bonds. The lowest BCUT2D eigenvalue weighted by molar-refractivity contribution is -0.0695. The summed E-state index contributed by atoms with van der Waals surface area (Å²) in [6, 6.07) is 5.90. The molecule has 0 atom stereocenters. The van der Waals surface area contributed by atoms with E-state index >= 15 is 0 Å². The lowest BCUT2D eigenvalue weighted by Gasteiger charge is -2.40. The molecule has 0 spiro atoms. The van der Waals surface area contributed by atoms with Crippen LogP contribution in [0.1, 0.15) is 25.0 Å². The summed E-state index contributed by atoms with van der Waals surface area (Å²) >= 11 is 1.64. The highest BCUT2D eigenvalue weighted by atomic mass is 32.1. The Labute approximate surface area is 123 Å². The van der Waals surface area contributed by atoms with Crippen LogP contribution in [0.5, 0.6) is 0 Å². The molecule has 106 valence electrons. The molecule has 0 unspecified atom stereocenters. The van der Waals surface area contributed by atoms with Crippen molar-refractivity contribution in [3.63, 3.8) is 0 Å². The maximum atomic E-state index is 5.60. The average molecular weight is 289 g/mol. The summed E-state index contributed by atoms with van der Waals surface area (Å²) < 4.78 is 5.60. The third-order valence-corrected chi connectivity index (χ3v) is 4.80. The maximum Gasteiger partial charge on any atom is 0.142 e. The zero-order chi connectivity index (χ0) is 13.8. The molecule has 2 heterocycles. The lowest BCUT2D eigenvalue weighted by atomic mass is 9.80. The second-order valence-electron chi connectivity index (χ2n) is 5.20. The average Bonchev–Trinajstić information content (AvgIpc) is 2.92. The first-order valence-corrected chi connectivity index (χ1v) is 7.81. The van der Waals surface area contributed by atoms with Gasteiger partial charge in [0.1, 0.15) is 5.01 Å². The summed E-state index contributed by atoms with van der Waals surface area (Å²) in [5, 5.41) is 6.53. The van der Waals surface area contributed by atoms with Crippen LogP contribution in [0.25, 0.3) is 10.7 Å². The van der Waals surface area contributed by atoms with E-state index in [0.717, 1.165) is 42.3 Å². The van der Waals surface area contributed by atoms with Crippen molar-refractivity contribution in [2.24, 2.45) is 0 Å². The van der Waals surface area contributed by atoms with Crippen LogP contribution in [0.2, 0.25) is 0 Å². The Morgan fingerprint density at radius 3 is 2.95 bits per heavy atom. The van der Waals surface area contributed by atoms with Gasteiger partial charge in [-0.2, -0.15) is 0 Å². The minimum Gasteiger partial charge on any atom is -0.377 e. The SMILES string of the molecule is COC1(CNCc2csc(-c3ccccn3)n2)CCC1. The molecule has 0 aliphatic heterocycles. The van der Waals surface area contributed by atoms with E-state index in [4.69, 9.17) is 4.74 Å². The number of aromatic nitrogens is 2. The largest absolute Gasteiger partial charge is 0.377 e. The van der Waals surface area contributed by atoms with Crippen molar-refractivity contribution in [3.8, 4) is 10.7 Å². The first-order valence-electron chi connectivity index (χ1n) is 6.93. The molecule has 0 bridgehead atoms. The third kappa shape index (κ3) is 2.90. The Morgan fingerprint density at radius 1 is 1.40 bits per heavy atom. The van der Waals surface area contributed by atoms with Gasteiger partial charge >= 0.3 is 0 Å². The molecule has 1 N–H and O–H groups in total. The summed E-state index contributed by atoms with van der Waals surface area (Å²) in [6.45, 7) is 1.69. The van der Waals surface area contributed by atoms with E-state index in [-0.39, 0.29) is 5.60 Å². The predicted octanol–water partition coefficient (Wildman–Crippen LogP) is 2.86. The topological polar surface area (TPSA) is 47.0 Å². The van der Waals surface area contributed by atoms with E-state index in [0.29, 0.717) is 0 Å². The molecule has 1 saturated carbocycles. The van der Waals surface area contributed by atoms with Crippen molar-refractivity contribution in [1.82, 2.24) is 15.3 Å². The number of hydrogen-bond donors (Lipinski definition) is 1. The minimum atomic E-state index is 0.0693. The Balaban J connectivity index is 1.55. The Hall–Kier alpha value is -1.30. The van der Waals surface area contributed by atoms with Gasteiger partial charge in [-0.25, -0.2) is 4.98 Å². The molecule has 0 radical (unpaired) electrons. The fourth-order valence-electron chi connectivity index (χ4n) is 2.44. The van der Waals surface area contributed by atoms with Gasteiger partial charge in [-0.1, -0.05) is 6.07 Å². The Kier molecular flexibility index (Phi) is 4.10. The summed E-state index contributed by atoms with van der Waals surface area (Å²) in [6.07, 6.45) is 5.39. The normalized spacial score (nSPS) is 16.9. The molecule has 2 aromatic heterocycles. The zero-order valence-electron chi connectivity index (χ0n) is 11.6. The highest BCUT2D eigenvalue weighted by Gasteiger charge is 2.36. The second kappa shape index (κ2) is 5.99. The van der Waals surface area contributed by atoms with Crippen LogP contribution in [0.15, 0.2) is 29.8 Å². The second-order valence-corrected chi connectivity index (χ2v) is 6.06. The summed E-state index contributed by atoms with van der Waals surface area (Å²) in [5.41, 5.74) is 2.08. The summed E-state index contributed by atoms with van der Waals surface area (Å²) in [4.78, 5) is 8.95. The van der Waals surface area contributed by atoms with Crippen molar-refractivity contribution in [3.05, 3.63) is 35.5 Å². The van der Waals surface area contributed by atoms with Crippen LogP contribution >= 0.6 is 11.3 Å². The van der Waals surface area contributed by atoms with Crippen LogP contribution in [-0.2, 0) is 11.3 Å². The number of nitrogens with zero attached hydrogens (tertiary/aromatic N) is 2. The van der Waals surface area contributed by atoms with Gasteiger partial charge in [0.15, 0.2) is 0 Å². The van der Waals surface area contributed by atoms with E-state index in [1.807, 2.05) is 25.3 Å². The molecule has 2 aromatic rings. The van der Waals surface area contributed by atoms with Gasteiger partial charge < -0.3 is 10.1 Å². The summed E-state index contributed by atoms with van der Waals surface area (Å²) in [5.74, 6) is 0. The van der Waals surface area contributed by atoms with Gasteiger partial charge in [0.2, 0.25) is 0 Å². The number of methoxy groups -OCH3 is 1. The van der Waals surface area contributed by atoms with E-state index in [1.165, 1.54) is 6.42 Å². The standard InChI is InChI=1S/C15H19N3OS/c1-19-15(6-4-7-15)11-16-9-12-10-20-14(18-12)13-5-2-3-8-17-13/h2-3,5,8,10,16H,4,6-7,9,11H2,1H3. The third-order valence-electron chi connectivity index (χ3n) is 3.89. The first kappa shape index (κ1) is 13.7. The number of thiazole rings is 1. The number of rotatable bonds is 6. The van der Waals surface area contributed by atoms with Gasteiger partial charge in [0.05, 0.1) is 17.0 Å². The number of pyridine rings is 1. The molecule has 1 aliphatic rings.